The zero-order valence-corrected chi connectivity index (χ0v) is 5.76. The molecule has 2 atom stereocenters. The van der Waals surface area contributed by atoms with Crippen molar-refractivity contribution < 1.29 is 9.50 Å². The molecule has 1 aliphatic heterocycles. The molecule has 54 valence electrons. The molecule has 0 unspecified atom stereocenters. The van der Waals surface area contributed by atoms with E-state index in [1.165, 1.54) is 6.92 Å². The van der Waals surface area contributed by atoms with Crippen molar-refractivity contribution in [3.05, 3.63) is 0 Å². The largest absolute Gasteiger partial charge is 0.388 e. The van der Waals surface area contributed by atoms with Crippen molar-refractivity contribution in [3.63, 3.8) is 0 Å². The minimum absolute atomic E-state index is 0.341. The Hall–Kier alpha value is -0.150. The summed E-state index contributed by atoms with van der Waals surface area (Å²) in [6.07, 6.45) is -0.803. The molecule has 9 heavy (non-hydrogen) atoms. The van der Waals surface area contributed by atoms with Gasteiger partial charge in [-0.2, -0.15) is 0 Å². The van der Waals surface area contributed by atoms with E-state index in [0.717, 1.165) is 0 Å². The molecule has 0 spiro atoms. The Kier molecular flexibility index (Phi) is 1.49. The lowest BCUT2D eigenvalue weighted by Gasteiger charge is -2.15. The summed E-state index contributed by atoms with van der Waals surface area (Å²) in [5.41, 5.74) is -1.39. The molecule has 3 heteroatoms. The monoisotopic (exact) mass is 133 g/mol. The van der Waals surface area contributed by atoms with E-state index < -0.39 is 11.8 Å². The third-order valence-corrected chi connectivity index (χ3v) is 1.76. The second-order valence-electron chi connectivity index (χ2n) is 2.99. The lowest BCUT2D eigenvalue weighted by atomic mass is 10.1. The Bertz CT molecular complexity index is 116. The Labute approximate surface area is 54.3 Å². The first kappa shape index (κ1) is 6.96. The fourth-order valence-corrected chi connectivity index (χ4v) is 1.18. The van der Waals surface area contributed by atoms with Crippen molar-refractivity contribution in [2.24, 2.45) is 0 Å². The minimum Gasteiger partial charge on any atom is -0.388 e. The van der Waals surface area contributed by atoms with E-state index in [1.54, 1.807) is 11.9 Å². The van der Waals surface area contributed by atoms with E-state index in [9.17, 15) is 4.39 Å². The van der Waals surface area contributed by atoms with Gasteiger partial charge in [0.2, 0.25) is 0 Å². The van der Waals surface area contributed by atoms with Gasteiger partial charge in [-0.25, -0.2) is 4.39 Å². The number of likely N-dealkylation sites (tertiary alicyclic amines) is 1. The van der Waals surface area contributed by atoms with Crippen LogP contribution in [0.15, 0.2) is 0 Å². The maximum Gasteiger partial charge on any atom is 0.147 e. The van der Waals surface area contributed by atoms with Crippen LogP contribution in [0.5, 0.6) is 0 Å². The van der Waals surface area contributed by atoms with Crippen LogP contribution in [-0.4, -0.2) is 41.9 Å². The predicted molar refractivity (Wildman–Crippen MR) is 33.0 cm³/mol. The lowest BCUT2D eigenvalue weighted by Crippen LogP contribution is -2.32. The molecule has 0 bridgehead atoms. The summed E-state index contributed by atoms with van der Waals surface area (Å²) in [6.45, 7) is 2.22. The van der Waals surface area contributed by atoms with Crippen molar-refractivity contribution >= 4 is 0 Å². The van der Waals surface area contributed by atoms with Crippen LogP contribution in [0, 0.1) is 0 Å². The minimum atomic E-state index is -1.39. The van der Waals surface area contributed by atoms with E-state index >= 15 is 0 Å². The number of nitrogens with zero attached hydrogens (tertiary/aromatic N) is 1. The molecule has 1 saturated heterocycles. The number of alkyl halides is 1. The van der Waals surface area contributed by atoms with Gasteiger partial charge in [-0.05, 0) is 14.0 Å². The molecule has 0 radical (unpaired) electrons. The van der Waals surface area contributed by atoms with Crippen LogP contribution in [0.4, 0.5) is 4.39 Å². The summed E-state index contributed by atoms with van der Waals surface area (Å²) < 4.78 is 13.0. The zero-order valence-electron chi connectivity index (χ0n) is 5.76. The van der Waals surface area contributed by atoms with Gasteiger partial charge >= 0.3 is 0 Å². The van der Waals surface area contributed by atoms with Gasteiger partial charge in [0.25, 0.3) is 0 Å². The Morgan fingerprint density at radius 1 is 1.78 bits per heavy atom. The first-order valence-electron chi connectivity index (χ1n) is 3.08. The number of aliphatic hydroxyl groups excluding tert-OH is 1. The van der Waals surface area contributed by atoms with E-state index in [4.69, 9.17) is 5.11 Å². The van der Waals surface area contributed by atoms with Gasteiger partial charge in [-0.3, -0.25) is 0 Å². The molecule has 1 N–H and O–H groups in total. The number of β-amino-alcohol motifs (C(OH)–C–C–N with tert-alkyl or cyclic N) is 1. The molecule has 1 rings (SSSR count). The van der Waals surface area contributed by atoms with Gasteiger partial charge in [0.15, 0.2) is 0 Å². The van der Waals surface area contributed by atoms with Gasteiger partial charge in [0.1, 0.15) is 11.8 Å². The summed E-state index contributed by atoms with van der Waals surface area (Å²) in [7, 11) is 1.80. The van der Waals surface area contributed by atoms with Crippen LogP contribution >= 0.6 is 0 Å². The molecule has 1 heterocycles. The number of hydrogen-bond donors (Lipinski definition) is 1. The standard InChI is InChI=1S/C6H12FNO/c1-6(7)4-8(2)3-5(6)9/h5,9H,3-4H2,1-2H3/t5-,6-/m0/s1. The summed E-state index contributed by atoms with van der Waals surface area (Å²) in [4.78, 5) is 1.78. The van der Waals surface area contributed by atoms with Crippen LogP contribution < -0.4 is 0 Å². The van der Waals surface area contributed by atoms with Crippen LogP contribution in [0.3, 0.4) is 0 Å². The van der Waals surface area contributed by atoms with Gasteiger partial charge in [0.05, 0.1) is 0 Å². The molecule has 1 aliphatic rings. The molecular formula is C6H12FNO. The highest BCUT2D eigenvalue weighted by Gasteiger charge is 2.40. The number of aliphatic hydroxyl groups is 1. The fourth-order valence-electron chi connectivity index (χ4n) is 1.18. The van der Waals surface area contributed by atoms with Crippen molar-refractivity contribution in [3.8, 4) is 0 Å². The van der Waals surface area contributed by atoms with Gasteiger partial charge in [-0.15, -0.1) is 0 Å². The normalized spacial score (nSPS) is 46.0. The quantitative estimate of drug-likeness (QED) is 0.503. The molecular weight excluding hydrogens is 121 g/mol. The van der Waals surface area contributed by atoms with Crippen molar-refractivity contribution in [2.75, 3.05) is 20.1 Å². The highest BCUT2D eigenvalue weighted by atomic mass is 19.1. The topological polar surface area (TPSA) is 23.5 Å². The Morgan fingerprint density at radius 2 is 2.33 bits per heavy atom. The maximum absolute atomic E-state index is 13.0. The summed E-state index contributed by atoms with van der Waals surface area (Å²) in [5.74, 6) is 0. The van der Waals surface area contributed by atoms with Crippen molar-refractivity contribution in [1.29, 1.82) is 0 Å². The Balaban J connectivity index is 2.58. The number of halogens is 1. The molecule has 0 aromatic carbocycles. The Morgan fingerprint density at radius 3 is 2.44 bits per heavy atom. The van der Waals surface area contributed by atoms with Crippen LogP contribution in [-0.2, 0) is 0 Å². The number of rotatable bonds is 0. The van der Waals surface area contributed by atoms with Crippen molar-refractivity contribution in [2.45, 2.75) is 18.7 Å². The summed E-state index contributed by atoms with van der Waals surface area (Å²) in [5, 5.41) is 9.01. The molecule has 0 aromatic heterocycles. The van der Waals surface area contributed by atoms with Gasteiger partial charge in [-0.1, -0.05) is 0 Å². The first-order chi connectivity index (χ1) is 4.02. The zero-order chi connectivity index (χ0) is 7.07. The second kappa shape index (κ2) is 1.92. The summed E-state index contributed by atoms with van der Waals surface area (Å²) in [6, 6.07) is 0. The van der Waals surface area contributed by atoms with Crippen LogP contribution in [0.1, 0.15) is 6.92 Å². The van der Waals surface area contributed by atoms with E-state index in [2.05, 4.69) is 0 Å². The highest BCUT2D eigenvalue weighted by Crippen LogP contribution is 2.23. The third kappa shape index (κ3) is 1.22. The third-order valence-electron chi connectivity index (χ3n) is 1.76. The van der Waals surface area contributed by atoms with E-state index in [-0.39, 0.29) is 0 Å². The molecule has 0 aliphatic carbocycles. The molecule has 0 aromatic rings. The molecule has 2 nitrogen and oxygen atoms in total. The molecule has 0 saturated carbocycles. The average molecular weight is 133 g/mol. The van der Waals surface area contributed by atoms with Gasteiger partial charge in [0, 0.05) is 13.1 Å². The maximum atomic E-state index is 13.0. The first-order valence-corrected chi connectivity index (χ1v) is 3.08. The number of hydrogen-bond acceptors (Lipinski definition) is 2. The summed E-state index contributed by atoms with van der Waals surface area (Å²) >= 11 is 0. The molecule has 1 fully saturated rings. The average Bonchev–Trinajstić information content (AvgIpc) is 1.79. The fraction of sp³-hybridized carbons (Fsp3) is 1.00. The highest BCUT2D eigenvalue weighted by molar-refractivity contribution is 4.93. The van der Waals surface area contributed by atoms with Crippen LogP contribution in [0.2, 0.25) is 0 Å². The predicted octanol–water partition coefficient (Wildman–Crippen LogP) is 0.0209. The number of likely N-dealkylation sites (N-methyl/N-ethyl adjacent to an activating group) is 1. The van der Waals surface area contributed by atoms with E-state index in [0.29, 0.717) is 13.1 Å². The second-order valence-corrected chi connectivity index (χ2v) is 2.99. The van der Waals surface area contributed by atoms with E-state index in [1.807, 2.05) is 0 Å². The SMILES string of the molecule is CN1C[C@H](O)[C@@](C)(F)C1. The van der Waals surface area contributed by atoms with Gasteiger partial charge < -0.3 is 10.0 Å². The molecule has 0 amide bonds. The smallest absolute Gasteiger partial charge is 0.147 e. The van der Waals surface area contributed by atoms with Crippen LogP contribution in [0.25, 0.3) is 0 Å². The lowest BCUT2D eigenvalue weighted by molar-refractivity contribution is 0.0459. The van der Waals surface area contributed by atoms with Crippen molar-refractivity contribution in [1.82, 2.24) is 4.90 Å².